The molecular weight excluding hydrogens is 276 g/mol. The molecule has 2 aliphatic carbocycles. The quantitative estimate of drug-likeness (QED) is 0.904. The average molecular weight is 293 g/mol. The van der Waals surface area contributed by atoms with Gasteiger partial charge in [-0.15, -0.1) is 0 Å². The first-order valence-electron chi connectivity index (χ1n) is 7.27. The van der Waals surface area contributed by atoms with Gasteiger partial charge >= 0.3 is 0 Å². The summed E-state index contributed by atoms with van der Waals surface area (Å²) in [6.45, 7) is 0.663. The number of aromatic nitrogens is 4. The van der Waals surface area contributed by atoms with Gasteiger partial charge in [-0.05, 0) is 24.8 Å². The molecule has 0 spiro atoms. The molecule has 2 aromatic rings. The zero-order chi connectivity index (χ0) is 14.4. The lowest BCUT2D eigenvalue weighted by atomic mass is 9.93. The molecule has 0 radical (unpaired) electrons. The van der Waals surface area contributed by atoms with Crippen LogP contribution in [0.15, 0.2) is 18.6 Å². The van der Waals surface area contributed by atoms with Crippen molar-refractivity contribution in [2.45, 2.75) is 50.2 Å². The predicted molar refractivity (Wildman–Crippen MR) is 72.1 cm³/mol. The molecule has 0 saturated heterocycles. The Balaban J connectivity index is 1.34. The first kappa shape index (κ1) is 12.9. The lowest BCUT2D eigenvalue weighted by Gasteiger charge is -2.22. The smallest absolute Gasteiger partial charge is 0.272 e. The molecular formula is C14H17F2N5. The second kappa shape index (κ2) is 4.62. The maximum absolute atomic E-state index is 13.0. The van der Waals surface area contributed by atoms with Crippen molar-refractivity contribution in [3.63, 3.8) is 0 Å². The normalized spacial score (nSPS) is 26.6. The molecule has 0 aliphatic heterocycles. The van der Waals surface area contributed by atoms with E-state index in [0.717, 1.165) is 24.8 Å². The Labute approximate surface area is 120 Å². The van der Waals surface area contributed by atoms with Crippen molar-refractivity contribution < 1.29 is 8.78 Å². The lowest BCUT2D eigenvalue weighted by Crippen LogP contribution is -2.33. The van der Waals surface area contributed by atoms with Crippen molar-refractivity contribution >= 4 is 0 Å². The highest BCUT2D eigenvalue weighted by atomic mass is 19.3. The van der Waals surface area contributed by atoms with Gasteiger partial charge in [0.15, 0.2) is 0 Å². The van der Waals surface area contributed by atoms with E-state index < -0.39 is 12.0 Å². The van der Waals surface area contributed by atoms with Crippen LogP contribution >= 0.6 is 0 Å². The Hall–Kier alpha value is -1.76. The zero-order valence-corrected chi connectivity index (χ0v) is 11.5. The number of hydrogen-bond acceptors (Lipinski definition) is 3. The van der Waals surface area contributed by atoms with E-state index in [1.807, 2.05) is 6.20 Å². The minimum Gasteiger partial charge on any atom is -0.309 e. The standard InChI is InChI=1S/C14H17F2N5/c15-14(16)4-13(14)21-8-9(6-19-21)5-17-11-1-2-12-10(3-11)7-18-20-12/h6-8,11,13,17H,1-5H2,(H,18,20). The molecule has 2 aliphatic rings. The number of H-pyrrole nitrogens is 1. The lowest BCUT2D eigenvalue weighted by molar-refractivity contribution is 0.0983. The molecule has 0 amide bonds. The van der Waals surface area contributed by atoms with E-state index in [9.17, 15) is 8.78 Å². The third-order valence-corrected chi connectivity index (χ3v) is 4.38. The number of nitrogens with one attached hydrogen (secondary N) is 2. The van der Waals surface area contributed by atoms with Gasteiger partial charge in [0.05, 0.1) is 12.4 Å². The van der Waals surface area contributed by atoms with Gasteiger partial charge in [0.2, 0.25) is 0 Å². The fourth-order valence-corrected chi connectivity index (χ4v) is 2.98. The van der Waals surface area contributed by atoms with Crippen molar-refractivity contribution in [1.29, 1.82) is 0 Å². The van der Waals surface area contributed by atoms with Crippen LogP contribution in [-0.4, -0.2) is 31.9 Å². The summed E-state index contributed by atoms with van der Waals surface area (Å²) in [5, 5.41) is 14.6. The van der Waals surface area contributed by atoms with Gasteiger partial charge in [-0.1, -0.05) is 0 Å². The molecule has 2 unspecified atom stereocenters. The molecule has 5 nitrogen and oxygen atoms in total. The Morgan fingerprint density at radius 1 is 1.43 bits per heavy atom. The number of hydrogen-bond donors (Lipinski definition) is 2. The van der Waals surface area contributed by atoms with Crippen molar-refractivity contribution in [2.24, 2.45) is 0 Å². The zero-order valence-electron chi connectivity index (χ0n) is 11.5. The van der Waals surface area contributed by atoms with Crippen LogP contribution in [0.5, 0.6) is 0 Å². The van der Waals surface area contributed by atoms with Crippen molar-refractivity contribution in [1.82, 2.24) is 25.3 Å². The molecule has 2 atom stereocenters. The molecule has 0 aromatic carbocycles. The van der Waals surface area contributed by atoms with Gasteiger partial charge < -0.3 is 5.32 Å². The highest BCUT2D eigenvalue weighted by molar-refractivity contribution is 5.21. The molecule has 21 heavy (non-hydrogen) atoms. The van der Waals surface area contributed by atoms with E-state index in [-0.39, 0.29) is 6.42 Å². The summed E-state index contributed by atoms with van der Waals surface area (Å²) in [4.78, 5) is 0. The van der Waals surface area contributed by atoms with Crippen LogP contribution in [0.3, 0.4) is 0 Å². The van der Waals surface area contributed by atoms with Crippen molar-refractivity contribution in [3.05, 3.63) is 35.4 Å². The summed E-state index contributed by atoms with van der Waals surface area (Å²) in [6.07, 6.45) is 8.22. The Bertz CT molecular complexity index is 647. The summed E-state index contributed by atoms with van der Waals surface area (Å²) >= 11 is 0. The van der Waals surface area contributed by atoms with Crippen LogP contribution in [0.1, 0.15) is 35.7 Å². The number of fused-ring (bicyclic) bond motifs is 1. The second-order valence-corrected chi connectivity index (χ2v) is 6.00. The molecule has 2 N–H and O–H groups in total. The van der Waals surface area contributed by atoms with Gasteiger partial charge in [0, 0.05) is 36.5 Å². The molecule has 1 saturated carbocycles. The largest absolute Gasteiger partial charge is 0.309 e. The molecule has 112 valence electrons. The van der Waals surface area contributed by atoms with Gasteiger partial charge in [0.25, 0.3) is 5.92 Å². The van der Waals surface area contributed by atoms with Crippen LogP contribution in [0.2, 0.25) is 0 Å². The highest BCUT2D eigenvalue weighted by Crippen LogP contribution is 2.52. The first-order valence-corrected chi connectivity index (χ1v) is 7.27. The van der Waals surface area contributed by atoms with Crippen molar-refractivity contribution in [3.8, 4) is 0 Å². The number of halogens is 2. The third-order valence-electron chi connectivity index (χ3n) is 4.38. The Kier molecular flexibility index (Phi) is 2.85. The summed E-state index contributed by atoms with van der Waals surface area (Å²) in [5.41, 5.74) is 3.46. The molecule has 2 heterocycles. The SMILES string of the molecule is FC1(F)CC1n1cc(CNC2CCc3[nH]ncc3C2)cn1. The van der Waals surface area contributed by atoms with Gasteiger partial charge in [0.1, 0.15) is 6.04 Å². The molecule has 4 rings (SSSR count). The topological polar surface area (TPSA) is 58.5 Å². The number of rotatable bonds is 4. The molecule has 0 bridgehead atoms. The minimum absolute atomic E-state index is 0.0898. The summed E-state index contributed by atoms with van der Waals surface area (Å²) in [5.74, 6) is -2.57. The van der Waals surface area contributed by atoms with Crippen LogP contribution in [0.4, 0.5) is 8.78 Å². The summed E-state index contributed by atoms with van der Waals surface area (Å²) in [7, 11) is 0. The van der Waals surface area contributed by atoms with Gasteiger partial charge in [-0.25, -0.2) is 8.78 Å². The van der Waals surface area contributed by atoms with Gasteiger partial charge in [-0.2, -0.15) is 10.2 Å². The monoisotopic (exact) mass is 293 g/mol. The average Bonchev–Trinajstić information content (AvgIpc) is 2.91. The number of nitrogens with zero attached hydrogens (tertiary/aromatic N) is 3. The number of aromatic amines is 1. The van der Waals surface area contributed by atoms with Crippen LogP contribution in [0.25, 0.3) is 0 Å². The van der Waals surface area contributed by atoms with E-state index in [2.05, 4.69) is 20.6 Å². The maximum atomic E-state index is 13.0. The third kappa shape index (κ3) is 2.46. The Morgan fingerprint density at radius 3 is 3.10 bits per heavy atom. The minimum atomic E-state index is -2.57. The Morgan fingerprint density at radius 2 is 2.29 bits per heavy atom. The fraction of sp³-hybridized carbons (Fsp3) is 0.571. The van der Waals surface area contributed by atoms with E-state index in [1.54, 1.807) is 12.4 Å². The molecule has 2 aromatic heterocycles. The van der Waals surface area contributed by atoms with E-state index >= 15 is 0 Å². The van der Waals surface area contributed by atoms with Gasteiger partial charge in [-0.3, -0.25) is 9.78 Å². The van der Waals surface area contributed by atoms with Crippen LogP contribution < -0.4 is 5.32 Å². The number of alkyl halides is 2. The second-order valence-electron chi connectivity index (χ2n) is 6.00. The van der Waals surface area contributed by atoms with Crippen LogP contribution in [-0.2, 0) is 19.4 Å². The highest BCUT2D eigenvalue weighted by Gasteiger charge is 2.59. The predicted octanol–water partition coefficient (Wildman–Crippen LogP) is 1.83. The van der Waals surface area contributed by atoms with E-state index in [0.29, 0.717) is 12.6 Å². The van der Waals surface area contributed by atoms with E-state index in [1.165, 1.54) is 15.9 Å². The number of aryl methyl sites for hydroxylation is 1. The van der Waals surface area contributed by atoms with E-state index in [4.69, 9.17) is 0 Å². The first-order chi connectivity index (χ1) is 10.1. The molecule has 1 fully saturated rings. The van der Waals surface area contributed by atoms with Crippen LogP contribution in [0, 0.1) is 0 Å². The molecule has 7 heteroatoms. The van der Waals surface area contributed by atoms with Crippen molar-refractivity contribution in [2.75, 3.05) is 0 Å². The summed E-state index contributed by atoms with van der Waals surface area (Å²) in [6, 6.07) is -0.338. The summed E-state index contributed by atoms with van der Waals surface area (Å²) < 4.78 is 27.4. The maximum Gasteiger partial charge on any atom is 0.272 e. The fourth-order valence-electron chi connectivity index (χ4n) is 2.98.